The molecule has 0 radical (unpaired) electrons. The molecule has 3 heterocycles. The van der Waals surface area contributed by atoms with E-state index < -0.39 is 60.4 Å². The van der Waals surface area contributed by atoms with Crippen molar-refractivity contribution in [3.05, 3.63) is 139 Å². The van der Waals surface area contributed by atoms with Gasteiger partial charge < -0.3 is 4.40 Å². The molecule has 5 heteroatoms. The summed E-state index contributed by atoms with van der Waals surface area (Å²) in [5.74, 6) is -0.729. The second-order valence-electron chi connectivity index (χ2n) is 9.80. The van der Waals surface area contributed by atoms with Crippen LogP contribution in [0.2, 0.25) is 0 Å². The van der Waals surface area contributed by atoms with Crippen LogP contribution in [0.1, 0.15) is 13.7 Å². The largest absolute Gasteiger partial charge is 0.306 e. The van der Waals surface area contributed by atoms with Gasteiger partial charge in [0.05, 0.1) is 41.3 Å². The Labute approximate surface area is 255 Å². The predicted molar refractivity (Wildman–Crippen MR) is 171 cm³/mol. The van der Waals surface area contributed by atoms with E-state index >= 15 is 0 Å². The molecule has 0 saturated heterocycles. The number of benzene rings is 6. The van der Waals surface area contributed by atoms with Gasteiger partial charge >= 0.3 is 0 Å². The highest BCUT2D eigenvalue weighted by Crippen LogP contribution is 2.39. The van der Waals surface area contributed by atoms with E-state index in [-0.39, 0.29) is 28.7 Å². The lowest BCUT2D eigenvalue weighted by Crippen LogP contribution is -2.07. The van der Waals surface area contributed by atoms with Gasteiger partial charge in [-0.25, -0.2) is 4.98 Å². The molecule has 0 unspecified atom stereocenters. The first-order valence-corrected chi connectivity index (χ1v) is 13.2. The molecule has 0 N–H and O–H groups in total. The van der Waals surface area contributed by atoms with E-state index in [0.717, 1.165) is 38.1 Å². The van der Waals surface area contributed by atoms with Crippen molar-refractivity contribution < 1.29 is 13.7 Å². The molecule has 9 aromatic rings. The quantitative estimate of drug-likeness (QED) is 0.222. The normalized spacial score (nSPS) is 15.1. The van der Waals surface area contributed by atoms with E-state index in [1.165, 1.54) is 0 Å². The minimum Gasteiger partial charge on any atom is -0.306 e. The van der Waals surface area contributed by atoms with E-state index in [1.54, 1.807) is 4.57 Å². The molecule has 0 aliphatic rings. The van der Waals surface area contributed by atoms with Crippen LogP contribution >= 0.6 is 0 Å². The summed E-state index contributed by atoms with van der Waals surface area (Å²) < 4.78 is 88.8. The summed E-state index contributed by atoms with van der Waals surface area (Å²) in [4.78, 5) is 14.0. The van der Waals surface area contributed by atoms with Crippen LogP contribution in [0.4, 0.5) is 0 Å². The van der Waals surface area contributed by atoms with Crippen molar-refractivity contribution in [2.45, 2.75) is 0 Å². The second kappa shape index (κ2) is 8.85. The van der Waals surface area contributed by atoms with Crippen LogP contribution in [0.3, 0.4) is 0 Å². The highest BCUT2D eigenvalue weighted by molar-refractivity contribution is 6.23. The molecule has 0 saturated carbocycles. The number of aromatic nitrogens is 5. The number of hydrogen-bond acceptors (Lipinski definition) is 3. The van der Waals surface area contributed by atoms with E-state index in [1.807, 2.05) is 66.7 Å². The molecule has 3 aromatic heterocycles. The third-order valence-electron chi connectivity index (χ3n) is 7.53. The molecule has 5 nitrogen and oxygen atoms in total. The Hall–Kier alpha value is -5.81. The minimum absolute atomic E-state index is 0.0642. The van der Waals surface area contributed by atoms with Crippen molar-refractivity contribution in [2.75, 3.05) is 0 Å². The summed E-state index contributed by atoms with van der Waals surface area (Å²) in [6.07, 6.45) is 0. The number of rotatable bonds is 3. The Kier molecular flexibility index (Phi) is 3.21. The molecule has 0 atom stereocenters. The summed E-state index contributed by atoms with van der Waals surface area (Å²) in [7, 11) is 0. The number of hydrogen-bond donors (Lipinski definition) is 0. The highest BCUT2D eigenvalue weighted by atomic mass is 15.2. The highest BCUT2D eigenvalue weighted by Gasteiger charge is 2.20. The molecule has 6 aromatic carbocycles. The van der Waals surface area contributed by atoms with Crippen LogP contribution in [0, 0.1) is 0 Å². The molecule has 9 rings (SSSR count). The third-order valence-corrected chi connectivity index (χ3v) is 7.53. The fraction of sp³-hybridized carbons (Fsp3) is 0. The summed E-state index contributed by atoms with van der Waals surface area (Å²) in [6.45, 7) is 0. The average molecular weight is 548 g/mol. The Morgan fingerprint density at radius 1 is 0.500 bits per heavy atom. The summed E-state index contributed by atoms with van der Waals surface area (Å²) in [5, 5.41) is 3.85. The number of fused-ring (bicyclic) bond motifs is 5. The number of nitrogens with zero attached hydrogens (tertiary/aromatic N) is 5. The molecule has 0 fully saturated rings. The summed E-state index contributed by atoms with van der Waals surface area (Å²) in [5.41, 5.74) is 3.29. The zero-order valence-electron chi connectivity index (χ0n) is 31.7. The monoisotopic (exact) mass is 547 g/mol. The topological polar surface area (TPSA) is 48.0 Å². The fourth-order valence-electron chi connectivity index (χ4n) is 5.84. The van der Waals surface area contributed by atoms with Crippen LogP contribution in [0.15, 0.2) is 139 Å². The molecule has 0 amide bonds. The van der Waals surface area contributed by atoms with Crippen LogP contribution in [-0.4, -0.2) is 23.9 Å². The van der Waals surface area contributed by atoms with Crippen LogP contribution in [-0.2, 0) is 0 Å². The zero-order chi connectivity index (χ0) is 36.3. The predicted octanol–water partition coefficient (Wildman–Crippen LogP) is 8.86. The van der Waals surface area contributed by atoms with Gasteiger partial charge in [-0.2, -0.15) is 9.97 Å². The van der Waals surface area contributed by atoms with Crippen molar-refractivity contribution in [2.24, 2.45) is 0 Å². The molecular formula is C37H23N5. The molecule has 0 spiro atoms. The third kappa shape index (κ3) is 3.28. The maximum atomic E-state index is 8.76. The van der Waals surface area contributed by atoms with Crippen molar-refractivity contribution in [3.8, 4) is 28.7 Å². The van der Waals surface area contributed by atoms with Crippen molar-refractivity contribution in [1.29, 1.82) is 0 Å². The van der Waals surface area contributed by atoms with Gasteiger partial charge in [0.25, 0.3) is 0 Å². The zero-order valence-corrected chi connectivity index (χ0v) is 21.7. The summed E-state index contributed by atoms with van der Waals surface area (Å²) in [6, 6.07) is 19.8. The Morgan fingerprint density at radius 3 is 1.83 bits per heavy atom. The Morgan fingerprint density at radius 2 is 1.12 bits per heavy atom. The minimum atomic E-state index is -0.606. The van der Waals surface area contributed by atoms with Gasteiger partial charge in [-0.05, 0) is 29.7 Å². The Bertz CT molecular complexity index is 2880. The van der Waals surface area contributed by atoms with Crippen LogP contribution < -0.4 is 0 Å². The first-order chi connectivity index (χ1) is 25.0. The fourth-order valence-corrected chi connectivity index (χ4v) is 5.84. The number of para-hydroxylation sites is 3. The molecule has 0 aliphatic carbocycles. The maximum Gasteiger partial charge on any atom is 0.238 e. The lowest BCUT2D eigenvalue weighted by molar-refractivity contribution is 0.950. The van der Waals surface area contributed by atoms with E-state index in [9.17, 15) is 0 Å². The molecule has 0 bridgehead atoms. The molecule has 42 heavy (non-hydrogen) atoms. The molecule has 196 valence electrons. The lowest BCUT2D eigenvalue weighted by atomic mass is 10.0. The van der Waals surface area contributed by atoms with Gasteiger partial charge in [0.2, 0.25) is 5.95 Å². The van der Waals surface area contributed by atoms with Crippen LogP contribution in [0.25, 0.3) is 77.9 Å². The van der Waals surface area contributed by atoms with Crippen molar-refractivity contribution >= 4 is 49.1 Å². The van der Waals surface area contributed by atoms with Gasteiger partial charge in [-0.1, -0.05) is 115 Å². The average Bonchev–Trinajstić information content (AvgIpc) is 3.43. The van der Waals surface area contributed by atoms with E-state index in [4.69, 9.17) is 23.7 Å². The van der Waals surface area contributed by atoms with Gasteiger partial charge in [-0.15, -0.1) is 0 Å². The van der Waals surface area contributed by atoms with Gasteiger partial charge in [-0.3, -0.25) is 4.57 Å². The molecular weight excluding hydrogens is 514 g/mol. The first-order valence-electron chi connectivity index (χ1n) is 18.2. The van der Waals surface area contributed by atoms with Gasteiger partial charge in [0.1, 0.15) is 0 Å². The first kappa shape index (κ1) is 15.3. The van der Waals surface area contributed by atoms with Crippen LogP contribution in [0.5, 0.6) is 0 Å². The second-order valence-corrected chi connectivity index (χ2v) is 9.80. The van der Waals surface area contributed by atoms with E-state index in [0.29, 0.717) is 11.0 Å². The Balaban J connectivity index is 1.53. The van der Waals surface area contributed by atoms with Gasteiger partial charge in [0.15, 0.2) is 11.6 Å². The standard InChI is InChI=1S/C37H23N5/c1-3-12-25(13-4-1)35-38-36(26-14-5-2-6-15-26)40-37(39-35)42-31-20-10-9-19-30(31)41-29-18-8-7-17-27(29)28-23-22-24-16-11-21-32(42)33(24)34(28)41/h1-23H/i1D,2D,3D,4D,5D,6D,12D,13D,14D,15D. The summed E-state index contributed by atoms with van der Waals surface area (Å²) >= 11 is 0. The van der Waals surface area contributed by atoms with Gasteiger partial charge in [0, 0.05) is 27.3 Å². The lowest BCUT2D eigenvalue weighted by Gasteiger charge is -2.13. The molecule has 0 aliphatic heterocycles. The van der Waals surface area contributed by atoms with Crippen molar-refractivity contribution in [1.82, 2.24) is 23.9 Å². The SMILES string of the molecule is [2H]c1c([2H])c([2H])c(-c2nc(-c3c([2H])c([2H])c([2H])c([2H])c3[2H])nc(-n3c4cccc5ccc6c7ccccc7n(c7ccccc73)c6c54)n2)c([2H])c1[2H]. The maximum absolute atomic E-state index is 8.76. The van der Waals surface area contributed by atoms with E-state index in [2.05, 4.69) is 21.5 Å². The van der Waals surface area contributed by atoms with Crippen molar-refractivity contribution in [3.63, 3.8) is 0 Å². The smallest absolute Gasteiger partial charge is 0.238 e.